The Morgan fingerprint density at radius 2 is 1.95 bits per heavy atom. The molecule has 0 bridgehead atoms. The lowest BCUT2D eigenvalue weighted by Gasteiger charge is -2.11. The minimum absolute atomic E-state index is 0.0515. The van der Waals surface area contributed by atoms with Crippen LogP contribution in [0.1, 0.15) is 11.1 Å². The molecular formula is C15H12ClN3O2. The first kappa shape index (κ1) is 13.6. The van der Waals surface area contributed by atoms with Crippen LogP contribution in [0.2, 0.25) is 5.02 Å². The van der Waals surface area contributed by atoms with Crippen molar-refractivity contribution >= 4 is 28.7 Å². The van der Waals surface area contributed by atoms with Gasteiger partial charge in [0.15, 0.2) is 0 Å². The second kappa shape index (κ2) is 5.54. The molecule has 3 rings (SSSR count). The zero-order valence-corrected chi connectivity index (χ0v) is 11.8. The summed E-state index contributed by atoms with van der Waals surface area (Å²) in [6, 6.07) is 12.2. The van der Waals surface area contributed by atoms with E-state index in [0.29, 0.717) is 29.4 Å². The van der Waals surface area contributed by atoms with Gasteiger partial charge in [0.1, 0.15) is 5.56 Å². The van der Waals surface area contributed by atoms with Gasteiger partial charge in [-0.25, -0.2) is 0 Å². The van der Waals surface area contributed by atoms with Gasteiger partial charge < -0.3 is 5.32 Å². The third-order valence-electron chi connectivity index (χ3n) is 3.29. The van der Waals surface area contributed by atoms with Crippen LogP contribution in [0, 0.1) is 10.1 Å². The molecule has 0 atom stereocenters. The molecule has 1 aliphatic rings. The number of anilines is 1. The normalized spacial score (nSPS) is 13.7. The quantitative estimate of drug-likeness (QED) is 0.682. The molecule has 1 N–H and O–H groups in total. The van der Waals surface area contributed by atoms with E-state index in [1.807, 2.05) is 18.2 Å². The Labute approximate surface area is 126 Å². The predicted octanol–water partition coefficient (Wildman–Crippen LogP) is 3.51. The van der Waals surface area contributed by atoms with Crippen molar-refractivity contribution in [3.05, 3.63) is 68.7 Å². The summed E-state index contributed by atoms with van der Waals surface area (Å²) in [4.78, 5) is 15.5. The maximum atomic E-state index is 11.3. The van der Waals surface area contributed by atoms with Gasteiger partial charge in [-0.3, -0.25) is 15.1 Å². The Kier molecular flexibility index (Phi) is 3.58. The highest BCUT2D eigenvalue weighted by Gasteiger charge is 2.24. The first-order valence-electron chi connectivity index (χ1n) is 6.49. The van der Waals surface area contributed by atoms with E-state index in [0.717, 1.165) is 11.3 Å². The lowest BCUT2D eigenvalue weighted by atomic mass is 9.99. The third kappa shape index (κ3) is 2.60. The van der Waals surface area contributed by atoms with Crippen molar-refractivity contribution < 1.29 is 4.92 Å². The topological polar surface area (TPSA) is 67.5 Å². The summed E-state index contributed by atoms with van der Waals surface area (Å²) in [6.45, 7) is 1.20. The molecule has 6 heteroatoms. The second-order valence-corrected chi connectivity index (χ2v) is 5.06. The molecule has 1 aliphatic heterocycles. The van der Waals surface area contributed by atoms with Gasteiger partial charge >= 0.3 is 0 Å². The Bertz CT molecular complexity index is 726. The van der Waals surface area contributed by atoms with Crippen LogP contribution in [-0.4, -0.2) is 23.7 Å². The second-order valence-electron chi connectivity index (χ2n) is 4.62. The van der Waals surface area contributed by atoms with Crippen LogP contribution in [0.15, 0.2) is 47.5 Å². The molecule has 0 saturated heterocycles. The van der Waals surface area contributed by atoms with Gasteiger partial charge in [-0.1, -0.05) is 29.8 Å². The van der Waals surface area contributed by atoms with Crippen LogP contribution in [-0.2, 0) is 0 Å². The van der Waals surface area contributed by atoms with Crippen molar-refractivity contribution in [3.63, 3.8) is 0 Å². The molecule has 5 nitrogen and oxygen atoms in total. The number of nitrogens with zero attached hydrogens (tertiary/aromatic N) is 2. The zero-order chi connectivity index (χ0) is 14.8. The fourth-order valence-corrected chi connectivity index (χ4v) is 2.50. The van der Waals surface area contributed by atoms with Crippen molar-refractivity contribution in [1.82, 2.24) is 0 Å². The highest BCUT2D eigenvalue weighted by Crippen LogP contribution is 2.31. The largest absolute Gasteiger partial charge is 0.382 e. The number of fused-ring (bicyclic) bond motifs is 1. The fraction of sp³-hybridized carbons (Fsp3) is 0.133. The molecule has 0 saturated carbocycles. The van der Waals surface area contributed by atoms with E-state index in [-0.39, 0.29) is 10.6 Å². The minimum Gasteiger partial charge on any atom is -0.382 e. The highest BCUT2D eigenvalue weighted by atomic mass is 35.5. The Balaban J connectivity index is 2.22. The van der Waals surface area contributed by atoms with Crippen molar-refractivity contribution in [1.29, 1.82) is 0 Å². The number of aliphatic imine (C=N–C) groups is 1. The number of benzodiazepines with no additional fused rings is 1. The molecule has 2 aromatic carbocycles. The number of hydrogen-bond donors (Lipinski definition) is 1. The number of halogens is 1. The smallest absolute Gasteiger partial charge is 0.280 e. The molecule has 0 aromatic heterocycles. The molecule has 0 amide bonds. The van der Waals surface area contributed by atoms with E-state index in [1.165, 1.54) is 6.07 Å². The van der Waals surface area contributed by atoms with E-state index in [2.05, 4.69) is 10.3 Å². The highest BCUT2D eigenvalue weighted by molar-refractivity contribution is 6.30. The number of rotatable bonds is 2. The molecule has 2 aromatic rings. The molecule has 21 heavy (non-hydrogen) atoms. The molecular weight excluding hydrogens is 290 g/mol. The van der Waals surface area contributed by atoms with Crippen LogP contribution < -0.4 is 5.32 Å². The summed E-state index contributed by atoms with van der Waals surface area (Å²) < 4.78 is 0. The Morgan fingerprint density at radius 3 is 2.67 bits per heavy atom. The van der Waals surface area contributed by atoms with Gasteiger partial charge in [0.2, 0.25) is 0 Å². The van der Waals surface area contributed by atoms with Gasteiger partial charge in [0, 0.05) is 23.2 Å². The van der Waals surface area contributed by atoms with Crippen LogP contribution >= 0.6 is 11.6 Å². The van der Waals surface area contributed by atoms with Crippen LogP contribution in [0.3, 0.4) is 0 Å². The number of nitrogens with one attached hydrogen (secondary N) is 1. The summed E-state index contributed by atoms with van der Waals surface area (Å²) in [6.07, 6.45) is 0. The molecule has 0 unspecified atom stereocenters. The summed E-state index contributed by atoms with van der Waals surface area (Å²) in [5.41, 5.74) is 2.76. The first-order valence-corrected chi connectivity index (χ1v) is 6.86. The molecule has 0 spiro atoms. The summed E-state index contributed by atoms with van der Waals surface area (Å²) in [7, 11) is 0. The average Bonchev–Trinajstić information content (AvgIpc) is 2.70. The molecule has 106 valence electrons. The maximum Gasteiger partial charge on any atom is 0.280 e. The van der Waals surface area contributed by atoms with E-state index >= 15 is 0 Å². The van der Waals surface area contributed by atoms with E-state index < -0.39 is 0 Å². The van der Waals surface area contributed by atoms with Gasteiger partial charge in [-0.2, -0.15) is 0 Å². The molecule has 0 radical (unpaired) electrons. The van der Waals surface area contributed by atoms with Crippen molar-refractivity contribution in [2.45, 2.75) is 0 Å². The molecule has 1 heterocycles. The summed E-state index contributed by atoms with van der Waals surface area (Å²) in [5, 5.41) is 15.1. The summed E-state index contributed by atoms with van der Waals surface area (Å²) in [5.74, 6) is 0. The van der Waals surface area contributed by atoms with Gasteiger partial charge in [0.25, 0.3) is 5.69 Å². The van der Waals surface area contributed by atoms with Gasteiger partial charge in [0.05, 0.1) is 22.9 Å². The lowest BCUT2D eigenvalue weighted by Crippen LogP contribution is -2.08. The van der Waals surface area contributed by atoms with E-state index in [1.54, 1.807) is 18.2 Å². The molecule has 0 fully saturated rings. The van der Waals surface area contributed by atoms with Crippen LogP contribution in [0.25, 0.3) is 0 Å². The van der Waals surface area contributed by atoms with Crippen LogP contribution in [0.5, 0.6) is 0 Å². The number of hydrogen-bond acceptors (Lipinski definition) is 4. The number of nitro benzene ring substituents is 1. The van der Waals surface area contributed by atoms with Crippen molar-refractivity contribution in [2.75, 3.05) is 18.4 Å². The van der Waals surface area contributed by atoms with E-state index in [4.69, 9.17) is 11.6 Å². The fourth-order valence-electron chi connectivity index (χ4n) is 2.37. The Morgan fingerprint density at radius 1 is 1.19 bits per heavy atom. The monoisotopic (exact) mass is 301 g/mol. The average molecular weight is 302 g/mol. The number of benzene rings is 2. The standard InChI is InChI=1S/C15H12ClN3O2/c16-11-6-4-10(5-7-11)15-14-12(17-8-9-18-15)2-1-3-13(14)19(20)21/h1-7,17H,8-9H2. The van der Waals surface area contributed by atoms with Crippen LogP contribution in [0.4, 0.5) is 11.4 Å². The van der Waals surface area contributed by atoms with E-state index in [9.17, 15) is 10.1 Å². The number of nitro groups is 1. The lowest BCUT2D eigenvalue weighted by molar-refractivity contribution is -0.385. The Hall–Kier alpha value is -2.40. The SMILES string of the molecule is O=[N+]([O-])c1cccc2c1C(c1ccc(Cl)cc1)=NCCN2. The minimum atomic E-state index is -0.378. The first-order chi connectivity index (χ1) is 10.2. The van der Waals surface area contributed by atoms with Gasteiger partial charge in [-0.15, -0.1) is 0 Å². The van der Waals surface area contributed by atoms with Gasteiger partial charge in [-0.05, 0) is 18.2 Å². The molecule has 0 aliphatic carbocycles. The predicted molar refractivity (Wildman–Crippen MR) is 83.5 cm³/mol. The van der Waals surface area contributed by atoms with Crippen molar-refractivity contribution in [3.8, 4) is 0 Å². The third-order valence-corrected chi connectivity index (χ3v) is 3.54. The summed E-state index contributed by atoms with van der Waals surface area (Å²) >= 11 is 5.90. The van der Waals surface area contributed by atoms with Crippen molar-refractivity contribution in [2.24, 2.45) is 4.99 Å². The zero-order valence-electron chi connectivity index (χ0n) is 11.0. The maximum absolute atomic E-state index is 11.3.